The molecule has 94 valence electrons. The number of hydrogen-bond donors (Lipinski definition) is 1. The second kappa shape index (κ2) is 4.65. The van der Waals surface area contributed by atoms with Gasteiger partial charge in [-0.05, 0) is 30.2 Å². The molecule has 0 radical (unpaired) electrons. The molecule has 0 aliphatic heterocycles. The molecule has 1 aliphatic carbocycles. The fourth-order valence-electron chi connectivity index (χ4n) is 2.15. The first-order chi connectivity index (χ1) is 7.97. The quantitative estimate of drug-likeness (QED) is 0.855. The lowest BCUT2D eigenvalue weighted by Crippen LogP contribution is -2.33. The van der Waals surface area contributed by atoms with E-state index < -0.39 is 0 Å². The first-order valence-electron chi connectivity index (χ1n) is 6.35. The zero-order valence-electron chi connectivity index (χ0n) is 10.9. The van der Waals surface area contributed by atoms with Gasteiger partial charge in [0.05, 0.1) is 0 Å². The van der Waals surface area contributed by atoms with E-state index in [0.29, 0.717) is 5.88 Å². The van der Waals surface area contributed by atoms with Crippen molar-refractivity contribution in [2.24, 2.45) is 5.73 Å². The Morgan fingerprint density at radius 1 is 1.29 bits per heavy atom. The van der Waals surface area contributed by atoms with Gasteiger partial charge in [-0.25, -0.2) is 4.98 Å². The highest BCUT2D eigenvalue weighted by atomic mass is 16.5. The molecule has 0 bridgehead atoms. The summed E-state index contributed by atoms with van der Waals surface area (Å²) in [7, 11) is 0. The zero-order valence-corrected chi connectivity index (χ0v) is 10.9. The van der Waals surface area contributed by atoms with Gasteiger partial charge in [-0.15, -0.1) is 0 Å². The molecule has 3 nitrogen and oxygen atoms in total. The van der Waals surface area contributed by atoms with Gasteiger partial charge < -0.3 is 10.5 Å². The maximum atomic E-state index is 5.97. The van der Waals surface area contributed by atoms with Gasteiger partial charge in [-0.2, -0.15) is 0 Å². The van der Waals surface area contributed by atoms with Crippen molar-refractivity contribution < 1.29 is 4.74 Å². The van der Waals surface area contributed by atoms with Crippen LogP contribution in [0.5, 0.6) is 5.88 Å². The Morgan fingerprint density at radius 2 is 2.06 bits per heavy atom. The topological polar surface area (TPSA) is 48.1 Å². The lowest BCUT2D eigenvalue weighted by atomic mass is 9.88. The van der Waals surface area contributed by atoms with Crippen molar-refractivity contribution in [3.8, 4) is 5.88 Å². The monoisotopic (exact) mass is 234 g/mol. The van der Waals surface area contributed by atoms with Crippen LogP contribution in [0, 0.1) is 0 Å². The summed E-state index contributed by atoms with van der Waals surface area (Å²) in [5.74, 6) is 0.695. The maximum Gasteiger partial charge on any atom is 0.213 e. The predicted molar refractivity (Wildman–Crippen MR) is 69.2 cm³/mol. The Kier molecular flexibility index (Phi) is 3.38. The minimum absolute atomic E-state index is 0.134. The second-order valence-electron chi connectivity index (χ2n) is 5.89. The molecule has 3 heteroatoms. The third kappa shape index (κ3) is 2.97. The van der Waals surface area contributed by atoms with E-state index in [4.69, 9.17) is 10.5 Å². The molecule has 1 aliphatic rings. The molecule has 2 unspecified atom stereocenters. The Bertz CT molecular complexity index is 367. The Hall–Kier alpha value is -1.09. The molecule has 1 heterocycles. The van der Waals surface area contributed by atoms with Gasteiger partial charge in [-0.3, -0.25) is 0 Å². The average molecular weight is 234 g/mol. The van der Waals surface area contributed by atoms with Gasteiger partial charge in [0.25, 0.3) is 0 Å². The summed E-state index contributed by atoms with van der Waals surface area (Å²) in [6.07, 6.45) is 5.30. The molecule has 2 rings (SSSR count). The van der Waals surface area contributed by atoms with Gasteiger partial charge in [0.2, 0.25) is 5.88 Å². The Balaban J connectivity index is 2.03. The summed E-state index contributed by atoms with van der Waals surface area (Å²) >= 11 is 0. The van der Waals surface area contributed by atoms with E-state index in [9.17, 15) is 0 Å². The molecule has 0 saturated heterocycles. The number of nitrogens with two attached hydrogens (primary N) is 1. The molecular formula is C14H22N2O. The molecule has 1 saturated carbocycles. The van der Waals surface area contributed by atoms with Crippen LogP contribution in [0.25, 0.3) is 0 Å². The Morgan fingerprint density at radius 3 is 2.53 bits per heavy atom. The summed E-state index contributed by atoms with van der Waals surface area (Å²) in [6.45, 7) is 6.53. The highest BCUT2D eigenvalue weighted by Crippen LogP contribution is 2.25. The number of ether oxygens (including phenoxy) is 1. The van der Waals surface area contributed by atoms with Crippen LogP contribution in [0.3, 0.4) is 0 Å². The second-order valence-corrected chi connectivity index (χ2v) is 5.89. The first-order valence-corrected chi connectivity index (χ1v) is 6.35. The van der Waals surface area contributed by atoms with Crippen molar-refractivity contribution in [1.82, 2.24) is 4.98 Å². The molecule has 2 atom stereocenters. The van der Waals surface area contributed by atoms with Crippen molar-refractivity contribution in [2.45, 2.75) is 57.6 Å². The SMILES string of the molecule is CC(C)(C)c1ccc(OC2CCCC2N)nc1. The highest BCUT2D eigenvalue weighted by molar-refractivity contribution is 5.23. The highest BCUT2D eigenvalue weighted by Gasteiger charge is 2.26. The lowest BCUT2D eigenvalue weighted by molar-refractivity contribution is 0.183. The van der Waals surface area contributed by atoms with Crippen molar-refractivity contribution in [1.29, 1.82) is 0 Å². The number of nitrogens with zero attached hydrogens (tertiary/aromatic N) is 1. The molecule has 1 aromatic heterocycles. The van der Waals surface area contributed by atoms with Crippen LogP contribution in [-0.2, 0) is 5.41 Å². The third-order valence-electron chi connectivity index (χ3n) is 3.38. The molecule has 2 N–H and O–H groups in total. The molecule has 1 aromatic rings. The van der Waals surface area contributed by atoms with E-state index in [1.807, 2.05) is 12.3 Å². The third-order valence-corrected chi connectivity index (χ3v) is 3.38. The van der Waals surface area contributed by atoms with Crippen molar-refractivity contribution in [3.05, 3.63) is 23.9 Å². The Labute approximate surface area is 103 Å². The lowest BCUT2D eigenvalue weighted by Gasteiger charge is -2.20. The largest absolute Gasteiger partial charge is 0.473 e. The van der Waals surface area contributed by atoms with Gasteiger partial charge in [0.15, 0.2) is 0 Å². The van der Waals surface area contributed by atoms with Crippen LogP contribution in [0.4, 0.5) is 0 Å². The molecule has 0 aromatic carbocycles. The van der Waals surface area contributed by atoms with Crippen molar-refractivity contribution in [3.63, 3.8) is 0 Å². The van der Waals surface area contributed by atoms with E-state index in [1.54, 1.807) is 0 Å². The minimum atomic E-state index is 0.134. The minimum Gasteiger partial charge on any atom is -0.473 e. The van der Waals surface area contributed by atoms with E-state index in [2.05, 4.69) is 31.8 Å². The summed E-state index contributed by atoms with van der Waals surface area (Å²) < 4.78 is 5.82. The van der Waals surface area contributed by atoms with E-state index in [0.717, 1.165) is 19.3 Å². The normalized spacial score (nSPS) is 24.9. The van der Waals surface area contributed by atoms with Gasteiger partial charge in [-0.1, -0.05) is 26.8 Å². The molecular weight excluding hydrogens is 212 g/mol. The van der Waals surface area contributed by atoms with E-state index in [1.165, 1.54) is 5.56 Å². The van der Waals surface area contributed by atoms with Crippen LogP contribution in [0.1, 0.15) is 45.6 Å². The molecule has 0 spiro atoms. The van der Waals surface area contributed by atoms with E-state index >= 15 is 0 Å². The number of hydrogen-bond acceptors (Lipinski definition) is 3. The standard InChI is InChI=1S/C14H22N2O/c1-14(2,3)10-7-8-13(16-9-10)17-12-6-4-5-11(12)15/h7-9,11-12H,4-6,15H2,1-3H3. The molecule has 17 heavy (non-hydrogen) atoms. The van der Waals surface area contributed by atoms with Gasteiger partial charge in [0.1, 0.15) is 6.10 Å². The van der Waals surface area contributed by atoms with Gasteiger partial charge >= 0.3 is 0 Å². The summed E-state index contributed by atoms with van der Waals surface area (Å²) in [5.41, 5.74) is 7.33. The summed E-state index contributed by atoms with van der Waals surface area (Å²) in [6, 6.07) is 4.20. The van der Waals surface area contributed by atoms with Crippen LogP contribution < -0.4 is 10.5 Å². The molecule has 0 amide bonds. The van der Waals surface area contributed by atoms with Crippen LogP contribution in [-0.4, -0.2) is 17.1 Å². The summed E-state index contributed by atoms with van der Waals surface area (Å²) in [4.78, 5) is 4.37. The fourth-order valence-corrected chi connectivity index (χ4v) is 2.15. The summed E-state index contributed by atoms with van der Waals surface area (Å²) in [5, 5.41) is 0. The fraction of sp³-hybridized carbons (Fsp3) is 0.643. The smallest absolute Gasteiger partial charge is 0.213 e. The first kappa shape index (κ1) is 12.4. The zero-order chi connectivity index (χ0) is 12.5. The van der Waals surface area contributed by atoms with Gasteiger partial charge in [0, 0.05) is 18.3 Å². The van der Waals surface area contributed by atoms with Crippen molar-refractivity contribution >= 4 is 0 Å². The number of pyridine rings is 1. The van der Waals surface area contributed by atoms with Crippen LogP contribution in [0.2, 0.25) is 0 Å². The van der Waals surface area contributed by atoms with Crippen molar-refractivity contribution in [2.75, 3.05) is 0 Å². The van der Waals surface area contributed by atoms with Crippen LogP contribution in [0.15, 0.2) is 18.3 Å². The predicted octanol–water partition coefficient (Wildman–Crippen LogP) is 2.64. The number of aromatic nitrogens is 1. The van der Waals surface area contributed by atoms with Crippen LogP contribution >= 0.6 is 0 Å². The maximum absolute atomic E-state index is 5.97. The number of rotatable bonds is 2. The average Bonchev–Trinajstić information content (AvgIpc) is 2.64. The molecule has 1 fully saturated rings. The van der Waals surface area contributed by atoms with E-state index in [-0.39, 0.29) is 17.6 Å².